The van der Waals surface area contributed by atoms with Crippen molar-refractivity contribution in [3.05, 3.63) is 36.0 Å². The van der Waals surface area contributed by atoms with Gasteiger partial charge in [-0.25, -0.2) is 0 Å². The Bertz CT molecular complexity index is 587. The van der Waals surface area contributed by atoms with E-state index in [1.807, 2.05) is 35.4 Å². The van der Waals surface area contributed by atoms with Gasteiger partial charge in [0.2, 0.25) is 0 Å². The maximum atomic E-state index is 12.8. The number of amides is 1. The monoisotopic (exact) mass is 288 g/mol. The van der Waals surface area contributed by atoms with Gasteiger partial charge in [0.1, 0.15) is 0 Å². The number of aromatic nitrogens is 1. The second kappa shape index (κ2) is 7.27. The molecule has 4 nitrogen and oxygen atoms in total. The van der Waals surface area contributed by atoms with Crippen LogP contribution in [0.15, 0.2) is 30.5 Å². The number of aromatic amines is 1. The molecule has 0 saturated carbocycles. The second-order valence-corrected chi connectivity index (χ2v) is 5.24. The number of nitrogens with one attached hydrogen (secondary N) is 1. The van der Waals surface area contributed by atoms with E-state index in [1.54, 1.807) is 7.11 Å². The van der Waals surface area contributed by atoms with Gasteiger partial charge >= 0.3 is 0 Å². The Hall–Kier alpha value is -1.81. The summed E-state index contributed by atoms with van der Waals surface area (Å²) in [5.41, 5.74) is 1.79. The highest BCUT2D eigenvalue weighted by Gasteiger charge is 2.22. The van der Waals surface area contributed by atoms with E-state index in [0.717, 1.165) is 29.3 Å². The second-order valence-electron chi connectivity index (χ2n) is 5.24. The van der Waals surface area contributed by atoms with Crippen LogP contribution in [0.2, 0.25) is 0 Å². The summed E-state index contributed by atoms with van der Waals surface area (Å²) in [5, 5.41) is 1.07. The number of hydrogen-bond acceptors (Lipinski definition) is 2. The molecule has 0 bridgehead atoms. The highest BCUT2D eigenvalue weighted by Crippen LogP contribution is 2.18. The zero-order valence-corrected chi connectivity index (χ0v) is 13.1. The smallest absolute Gasteiger partial charge is 0.254 e. The molecular weight excluding hydrogens is 264 g/mol. The quantitative estimate of drug-likeness (QED) is 0.848. The summed E-state index contributed by atoms with van der Waals surface area (Å²) in [6.45, 7) is 5.44. The normalized spacial score (nSPS) is 11.2. The molecule has 0 unspecified atom stereocenters. The lowest BCUT2D eigenvalue weighted by atomic mass is 10.1. The summed E-state index contributed by atoms with van der Waals surface area (Å²) in [5.74, 6) is 0.0869. The molecule has 0 fully saturated rings. The maximum Gasteiger partial charge on any atom is 0.254 e. The maximum absolute atomic E-state index is 12.8. The van der Waals surface area contributed by atoms with Crippen molar-refractivity contribution in [1.29, 1.82) is 0 Å². The summed E-state index contributed by atoms with van der Waals surface area (Å²) in [6.07, 6.45) is 3.80. The molecule has 1 aromatic heterocycles. The minimum absolute atomic E-state index is 0.0869. The van der Waals surface area contributed by atoms with Gasteiger partial charge in [0.05, 0.1) is 6.61 Å². The van der Waals surface area contributed by atoms with Gasteiger partial charge in [0.15, 0.2) is 0 Å². The molecule has 1 heterocycles. The molecule has 0 aliphatic carbocycles. The zero-order valence-electron chi connectivity index (χ0n) is 13.1. The summed E-state index contributed by atoms with van der Waals surface area (Å²) < 4.78 is 5.16. The van der Waals surface area contributed by atoms with E-state index in [-0.39, 0.29) is 11.9 Å². The molecule has 21 heavy (non-hydrogen) atoms. The molecule has 2 rings (SSSR count). The fourth-order valence-electron chi connectivity index (χ4n) is 2.72. The lowest BCUT2D eigenvalue weighted by Crippen LogP contribution is -2.41. The number of carbonyl (C=O) groups is 1. The van der Waals surface area contributed by atoms with Gasteiger partial charge in [-0.1, -0.05) is 13.8 Å². The first-order valence-electron chi connectivity index (χ1n) is 7.58. The molecule has 0 aliphatic rings. The van der Waals surface area contributed by atoms with Gasteiger partial charge in [0.25, 0.3) is 5.91 Å². The third-order valence-corrected chi connectivity index (χ3v) is 3.98. The van der Waals surface area contributed by atoms with Crippen LogP contribution < -0.4 is 0 Å². The molecule has 0 radical (unpaired) electrons. The number of fused-ring (bicyclic) bond motifs is 1. The SMILES string of the molecule is CCC(CC)N(CCOC)C(=O)c1ccc2[nH]ccc2c1. The molecule has 1 amide bonds. The van der Waals surface area contributed by atoms with Crippen LogP contribution in [0.1, 0.15) is 37.0 Å². The molecule has 0 atom stereocenters. The van der Waals surface area contributed by atoms with Crippen LogP contribution in [0.25, 0.3) is 10.9 Å². The van der Waals surface area contributed by atoms with Crippen molar-refractivity contribution in [3.8, 4) is 0 Å². The Kier molecular flexibility index (Phi) is 5.39. The standard InChI is InChI=1S/C17H24N2O2/c1-4-15(5-2)19(10-11-21-3)17(20)14-6-7-16-13(12-14)8-9-18-16/h6-9,12,15,18H,4-5,10-11H2,1-3H3. The van der Waals surface area contributed by atoms with Crippen LogP contribution in [-0.4, -0.2) is 42.1 Å². The number of ether oxygens (including phenoxy) is 1. The van der Waals surface area contributed by atoms with Gasteiger partial charge in [-0.15, -0.1) is 0 Å². The zero-order chi connectivity index (χ0) is 15.2. The summed E-state index contributed by atoms with van der Waals surface area (Å²) in [6, 6.07) is 8.06. The van der Waals surface area contributed by atoms with Crippen molar-refractivity contribution >= 4 is 16.8 Å². The van der Waals surface area contributed by atoms with Crippen molar-refractivity contribution in [1.82, 2.24) is 9.88 Å². The van der Waals surface area contributed by atoms with Crippen molar-refractivity contribution in [3.63, 3.8) is 0 Å². The molecule has 2 aromatic rings. The van der Waals surface area contributed by atoms with Crippen LogP contribution in [0.4, 0.5) is 0 Å². The first-order chi connectivity index (χ1) is 10.2. The van der Waals surface area contributed by atoms with E-state index in [9.17, 15) is 4.79 Å². The van der Waals surface area contributed by atoms with Crippen LogP contribution in [0.5, 0.6) is 0 Å². The highest BCUT2D eigenvalue weighted by molar-refractivity contribution is 5.98. The molecule has 4 heteroatoms. The molecule has 1 N–H and O–H groups in total. The predicted molar refractivity (Wildman–Crippen MR) is 85.6 cm³/mol. The number of methoxy groups -OCH3 is 1. The first kappa shape index (κ1) is 15.6. The molecule has 0 spiro atoms. The minimum Gasteiger partial charge on any atom is -0.383 e. The lowest BCUT2D eigenvalue weighted by Gasteiger charge is -2.30. The van der Waals surface area contributed by atoms with Gasteiger partial charge < -0.3 is 14.6 Å². The third kappa shape index (κ3) is 3.45. The Morgan fingerprint density at radius 1 is 1.29 bits per heavy atom. The van der Waals surface area contributed by atoms with Gasteiger partial charge in [-0.2, -0.15) is 0 Å². The third-order valence-electron chi connectivity index (χ3n) is 3.98. The number of rotatable bonds is 7. The number of hydrogen-bond donors (Lipinski definition) is 1. The highest BCUT2D eigenvalue weighted by atomic mass is 16.5. The molecule has 114 valence electrons. The fourth-order valence-corrected chi connectivity index (χ4v) is 2.72. The number of benzene rings is 1. The van der Waals surface area contributed by atoms with E-state index in [4.69, 9.17) is 4.74 Å². The number of carbonyl (C=O) groups excluding carboxylic acids is 1. The fraction of sp³-hybridized carbons (Fsp3) is 0.471. The van der Waals surface area contributed by atoms with Crippen LogP contribution in [0, 0.1) is 0 Å². The van der Waals surface area contributed by atoms with Crippen LogP contribution in [-0.2, 0) is 4.74 Å². The summed E-state index contributed by atoms with van der Waals surface area (Å²) in [4.78, 5) is 17.9. The van der Waals surface area contributed by atoms with Crippen molar-refractivity contribution in [2.75, 3.05) is 20.3 Å². The van der Waals surface area contributed by atoms with Gasteiger partial charge in [-0.3, -0.25) is 4.79 Å². The number of nitrogens with zero attached hydrogens (tertiary/aromatic N) is 1. The van der Waals surface area contributed by atoms with Crippen molar-refractivity contribution in [2.24, 2.45) is 0 Å². The minimum atomic E-state index is 0.0869. The molecule has 0 saturated heterocycles. The van der Waals surface area contributed by atoms with Crippen LogP contribution in [0.3, 0.4) is 0 Å². The van der Waals surface area contributed by atoms with E-state index >= 15 is 0 Å². The molecular formula is C17H24N2O2. The summed E-state index contributed by atoms with van der Waals surface area (Å²) in [7, 11) is 1.67. The predicted octanol–water partition coefficient (Wildman–Crippen LogP) is 3.45. The van der Waals surface area contributed by atoms with Gasteiger partial charge in [-0.05, 0) is 37.1 Å². The Morgan fingerprint density at radius 3 is 2.71 bits per heavy atom. The molecule has 1 aromatic carbocycles. The van der Waals surface area contributed by atoms with E-state index < -0.39 is 0 Å². The Balaban J connectivity index is 2.26. The van der Waals surface area contributed by atoms with E-state index in [0.29, 0.717) is 13.2 Å². The van der Waals surface area contributed by atoms with Crippen molar-refractivity contribution < 1.29 is 9.53 Å². The Labute approximate surface area is 126 Å². The molecule has 0 aliphatic heterocycles. The summed E-state index contributed by atoms with van der Waals surface area (Å²) >= 11 is 0. The van der Waals surface area contributed by atoms with Crippen molar-refractivity contribution in [2.45, 2.75) is 32.7 Å². The van der Waals surface area contributed by atoms with Crippen LogP contribution >= 0.6 is 0 Å². The Morgan fingerprint density at radius 2 is 2.05 bits per heavy atom. The topological polar surface area (TPSA) is 45.3 Å². The lowest BCUT2D eigenvalue weighted by molar-refractivity contribution is 0.0589. The van der Waals surface area contributed by atoms with E-state index in [1.165, 1.54) is 0 Å². The van der Waals surface area contributed by atoms with E-state index in [2.05, 4.69) is 18.8 Å². The number of H-pyrrole nitrogens is 1. The first-order valence-corrected chi connectivity index (χ1v) is 7.58. The largest absolute Gasteiger partial charge is 0.383 e. The average Bonchev–Trinajstić information content (AvgIpc) is 2.98. The average molecular weight is 288 g/mol. The van der Waals surface area contributed by atoms with Gasteiger partial charge in [0, 0.05) is 42.4 Å².